The molecule has 3 saturated heterocycles. The first-order valence-corrected chi connectivity index (χ1v) is 8.87. The van der Waals surface area contributed by atoms with Crippen LogP contribution in [0.1, 0.15) is 24.5 Å². The third kappa shape index (κ3) is 2.63. The summed E-state index contributed by atoms with van der Waals surface area (Å²) in [6.07, 6.45) is 4.49. The first-order valence-electron chi connectivity index (χ1n) is 8.87. The lowest BCUT2D eigenvalue weighted by Crippen LogP contribution is -2.64. The highest BCUT2D eigenvalue weighted by Gasteiger charge is 2.49. The van der Waals surface area contributed by atoms with Crippen LogP contribution in [0.3, 0.4) is 0 Å². The number of piperidine rings is 3. The summed E-state index contributed by atoms with van der Waals surface area (Å²) in [7, 11) is 1.62. The highest BCUT2D eigenvalue weighted by molar-refractivity contribution is 5.83. The van der Waals surface area contributed by atoms with Gasteiger partial charge in [0.2, 0.25) is 0 Å². The first kappa shape index (κ1) is 16.5. The van der Waals surface area contributed by atoms with Crippen molar-refractivity contribution in [1.82, 2.24) is 4.98 Å². The van der Waals surface area contributed by atoms with Gasteiger partial charge in [0.1, 0.15) is 17.9 Å². The number of methoxy groups -OCH3 is 1. The van der Waals surface area contributed by atoms with E-state index >= 15 is 0 Å². The van der Waals surface area contributed by atoms with E-state index in [2.05, 4.69) is 11.6 Å². The van der Waals surface area contributed by atoms with Crippen molar-refractivity contribution in [3.05, 3.63) is 53.9 Å². The summed E-state index contributed by atoms with van der Waals surface area (Å²) >= 11 is 0. The molecule has 3 aliphatic rings. The Kier molecular flexibility index (Phi) is 4.02. The normalized spacial score (nSPS) is 32.5. The molecule has 3 fully saturated rings. The number of aliphatic hydroxyl groups is 1. The predicted molar refractivity (Wildman–Crippen MR) is 96.8 cm³/mol. The quantitative estimate of drug-likeness (QED) is 0.527. The Morgan fingerprint density at radius 1 is 1.44 bits per heavy atom. The minimum absolute atomic E-state index is 0.268. The van der Waals surface area contributed by atoms with Crippen molar-refractivity contribution in [3.63, 3.8) is 0 Å². The third-order valence-corrected chi connectivity index (χ3v) is 6.12. The van der Waals surface area contributed by atoms with Crippen LogP contribution in [0.5, 0.6) is 5.75 Å². The number of hydrogen-bond donors (Lipinski definition) is 1. The summed E-state index contributed by atoms with van der Waals surface area (Å²) in [6.45, 7) is 5.01. The van der Waals surface area contributed by atoms with Crippen LogP contribution in [0.15, 0.2) is 43.1 Å². The van der Waals surface area contributed by atoms with Crippen molar-refractivity contribution in [2.45, 2.75) is 25.0 Å². The third-order valence-electron chi connectivity index (χ3n) is 6.12. The minimum atomic E-state index is -0.802. The molecule has 1 aromatic heterocycles. The molecule has 1 unspecified atom stereocenters. The number of rotatable bonds is 4. The zero-order chi connectivity index (χ0) is 17.6. The first-order chi connectivity index (χ1) is 12.1. The molecule has 2 aromatic rings. The highest BCUT2D eigenvalue weighted by Crippen LogP contribution is 2.46. The molecule has 0 aliphatic carbocycles. The van der Waals surface area contributed by atoms with Crippen molar-refractivity contribution < 1.29 is 14.5 Å². The average molecular weight is 340 g/mol. The van der Waals surface area contributed by atoms with Gasteiger partial charge in [0.25, 0.3) is 0 Å². The van der Waals surface area contributed by atoms with Crippen LogP contribution in [0.25, 0.3) is 10.9 Å². The molecule has 0 spiro atoms. The van der Waals surface area contributed by atoms with Crippen molar-refractivity contribution in [2.24, 2.45) is 11.8 Å². The van der Waals surface area contributed by atoms with Gasteiger partial charge in [-0.1, -0.05) is 6.08 Å². The van der Waals surface area contributed by atoms with E-state index in [0.717, 1.165) is 35.1 Å². The van der Waals surface area contributed by atoms with Gasteiger partial charge in [-0.2, -0.15) is 0 Å². The Balaban J connectivity index is 1.73. The number of nitrogens with zero attached hydrogens (tertiary/aromatic N) is 2. The molecule has 3 aliphatic heterocycles. The van der Waals surface area contributed by atoms with Gasteiger partial charge < -0.3 is 19.7 Å². The van der Waals surface area contributed by atoms with Crippen molar-refractivity contribution >= 4 is 10.9 Å². The van der Waals surface area contributed by atoms with Crippen LogP contribution >= 0.6 is 0 Å². The highest BCUT2D eigenvalue weighted by atomic mass is 16.6. The number of pyridine rings is 1. The summed E-state index contributed by atoms with van der Waals surface area (Å²) in [5.74, 6) is 1.44. The number of fused-ring (bicyclic) bond motifs is 4. The molecule has 0 saturated carbocycles. The molecule has 5 rings (SSSR count). The lowest BCUT2D eigenvalue weighted by atomic mass is 9.73. The molecule has 25 heavy (non-hydrogen) atoms. The Morgan fingerprint density at radius 3 is 3.00 bits per heavy atom. The van der Waals surface area contributed by atoms with Crippen LogP contribution in [0.4, 0.5) is 0 Å². The van der Waals surface area contributed by atoms with E-state index in [1.165, 1.54) is 0 Å². The average Bonchev–Trinajstić information content (AvgIpc) is 2.66. The number of hydroxylamine groups is 3. The fraction of sp³-hybridized carbons (Fsp3) is 0.450. The van der Waals surface area contributed by atoms with E-state index < -0.39 is 6.10 Å². The molecular weight excluding hydrogens is 316 g/mol. The zero-order valence-electron chi connectivity index (χ0n) is 14.5. The van der Waals surface area contributed by atoms with Crippen molar-refractivity contribution in [1.29, 1.82) is 0 Å². The molecule has 1 N–H and O–H groups in total. The topological polar surface area (TPSA) is 65.4 Å². The lowest BCUT2D eigenvalue weighted by Gasteiger charge is -2.61. The van der Waals surface area contributed by atoms with Crippen LogP contribution < -0.4 is 4.74 Å². The van der Waals surface area contributed by atoms with Crippen molar-refractivity contribution in [2.75, 3.05) is 20.2 Å². The molecule has 132 valence electrons. The van der Waals surface area contributed by atoms with Crippen LogP contribution in [0, 0.1) is 17.0 Å². The fourth-order valence-electron chi connectivity index (χ4n) is 4.68. The summed E-state index contributed by atoms with van der Waals surface area (Å²) in [4.78, 5) is 4.37. The monoisotopic (exact) mass is 340 g/mol. The van der Waals surface area contributed by atoms with E-state index in [1.807, 2.05) is 30.3 Å². The molecular formula is C20H24N2O3. The van der Waals surface area contributed by atoms with Gasteiger partial charge in [-0.25, -0.2) is 0 Å². The number of aromatic nitrogens is 1. The number of benzene rings is 1. The Labute approximate surface area is 147 Å². The van der Waals surface area contributed by atoms with Crippen LogP contribution in [0.2, 0.25) is 0 Å². The lowest BCUT2D eigenvalue weighted by molar-refractivity contribution is -0.929. The van der Waals surface area contributed by atoms with Crippen LogP contribution in [-0.2, 0) is 0 Å². The Hall–Kier alpha value is -1.95. The maximum absolute atomic E-state index is 13.4. The fourth-order valence-corrected chi connectivity index (χ4v) is 4.68. The molecule has 2 bridgehead atoms. The number of hydrogen-bond acceptors (Lipinski definition) is 4. The predicted octanol–water partition coefficient (Wildman–Crippen LogP) is 3.19. The van der Waals surface area contributed by atoms with E-state index in [1.54, 1.807) is 13.3 Å². The minimum Gasteiger partial charge on any atom is -0.632 e. The molecule has 4 heterocycles. The van der Waals surface area contributed by atoms with Crippen LogP contribution in [-0.4, -0.2) is 41.0 Å². The molecule has 1 aromatic carbocycles. The smallest absolute Gasteiger partial charge is 0.132 e. The van der Waals surface area contributed by atoms with E-state index in [-0.39, 0.29) is 16.6 Å². The number of ether oxygens (including phenoxy) is 1. The molecule has 5 atom stereocenters. The standard InChI is InChI=1S/C20H24N2O3/c1-3-13-12-22(24)9-7-14(13)10-19(22)20(23)16-6-8-21-18-5-4-15(25-2)11-17(16)18/h3-6,8,11,13-14,19-20,23H,1,7,9-10,12H2,2H3/t13-,14-,19+,20?,22+/m1/s1. The molecule has 0 radical (unpaired) electrons. The zero-order valence-corrected chi connectivity index (χ0v) is 14.5. The molecule has 0 amide bonds. The summed E-state index contributed by atoms with van der Waals surface area (Å²) in [5.41, 5.74) is 1.57. The Morgan fingerprint density at radius 2 is 2.28 bits per heavy atom. The second-order valence-electron chi connectivity index (χ2n) is 7.34. The second-order valence-corrected chi connectivity index (χ2v) is 7.34. The summed E-state index contributed by atoms with van der Waals surface area (Å²) < 4.78 is 5.00. The maximum Gasteiger partial charge on any atom is 0.132 e. The summed E-state index contributed by atoms with van der Waals surface area (Å²) in [6, 6.07) is 7.12. The van der Waals surface area contributed by atoms with Gasteiger partial charge in [0, 0.05) is 30.3 Å². The second kappa shape index (κ2) is 6.09. The van der Waals surface area contributed by atoms with Gasteiger partial charge in [-0.05, 0) is 35.7 Å². The SMILES string of the molecule is C=C[C@@H]1C[N@@+]2([O-])CC[C@@H]1C[C@H]2C(O)c1ccnc2ccc(OC)cc12. The number of aliphatic hydroxyl groups excluding tert-OH is 1. The Bertz CT molecular complexity index is 809. The number of quaternary nitrogens is 1. The maximum atomic E-state index is 13.4. The van der Waals surface area contributed by atoms with E-state index in [9.17, 15) is 10.3 Å². The molecule has 5 nitrogen and oxygen atoms in total. The van der Waals surface area contributed by atoms with E-state index in [4.69, 9.17) is 4.74 Å². The molecule has 5 heteroatoms. The van der Waals surface area contributed by atoms with E-state index in [0.29, 0.717) is 19.0 Å². The van der Waals surface area contributed by atoms with Gasteiger partial charge in [0.05, 0.1) is 25.7 Å². The van der Waals surface area contributed by atoms with Gasteiger partial charge in [-0.3, -0.25) is 4.98 Å². The van der Waals surface area contributed by atoms with Gasteiger partial charge in [0.15, 0.2) is 0 Å². The largest absolute Gasteiger partial charge is 0.632 e. The van der Waals surface area contributed by atoms with Gasteiger partial charge in [-0.15, -0.1) is 6.58 Å². The summed E-state index contributed by atoms with van der Waals surface area (Å²) in [5, 5.41) is 25.4. The van der Waals surface area contributed by atoms with Gasteiger partial charge >= 0.3 is 0 Å². The van der Waals surface area contributed by atoms with Crippen molar-refractivity contribution in [3.8, 4) is 5.75 Å².